The third-order valence-electron chi connectivity index (χ3n) is 2.80. The Bertz CT molecular complexity index is 632. The summed E-state index contributed by atoms with van der Waals surface area (Å²) in [4.78, 5) is 18.7. The molecule has 0 aliphatic rings. The van der Waals surface area contributed by atoms with Gasteiger partial charge < -0.3 is 9.84 Å². The first-order chi connectivity index (χ1) is 9.61. The molecule has 0 unspecified atom stereocenters. The van der Waals surface area contributed by atoms with Gasteiger partial charge in [0.05, 0.1) is 5.69 Å². The molecule has 0 spiro atoms. The van der Waals surface area contributed by atoms with Crippen LogP contribution in [0.2, 0.25) is 5.02 Å². The van der Waals surface area contributed by atoms with Crippen LogP contribution in [0.4, 0.5) is 0 Å². The van der Waals surface area contributed by atoms with Crippen LogP contribution in [0.1, 0.15) is 28.5 Å². The molecule has 1 N–H and O–H groups in total. The van der Waals surface area contributed by atoms with Crippen LogP contribution in [0.25, 0.3) is 0 Å². The summed E-state index contributed by atoms with van der Waals surface area (Å²) in [6, 6.07) is 5.33. The third kappa shape index (κ3) is 3.24. The molecule has 2 rings (SSSR count). The van der Waals surface area contributed by atoms with E-state index in [0.29, 0.717) is 16.5 Å². The number of halogens is 1. The maximum Gasteiger partial charge on any atom is 0.339 e. The van der Waals surface area contributed by atoms with Crippen LogP contribution in [0.3, 0.4) is 0 Å². The van der Waals surface area contributed by atoms with E-state index in [2.05, 4.69) is 9.97 Å². The molecule has 0 bridgehead atoms. The molecule has 0 fully saturated rings. The van der Waals surface area contributed by atoms with Crippen LogP contribution >= 0.6 is 11.6 Å². The van der Waals surface area contributed by atoms with Crippen LogP contribution in [0, 0.1) is 0 Å². The number of aromatic carboxylic acids is 1. The number of aromatic nitrogens is 2. The zero-order valence-corrected chi connectivity index (χ0v) is 11.6. The maximum absolute atomic E-state index is 11.0. The summed E-state index contributed by atoms with van der Waals surface area (Å²) < 4.78 is 5.57. The van der Waals surface area contributed by atoms with E-state index in [1.165, 1.54) is 12.5 Å². The van der Waals surface area contributed by atoms with Crippen molar-refractivity contribution >= 4 is 17.6 Å². The summed E-state index contributed by atoms with van der Waals surface area (Å²) in [5.41, 5.74) is 1.35. The highest BCUT2D eigenvalue weighted by molar-refractivity contribution is 6.31. The van der Waals surface area contributed by atoms with Crippen molar-refractivity contribution in [2.45, 2.75) is 20.0 Å². The zero-order chi connectivity index (χ0) is 14.5. The lowest BCUT2D eigenvalue weighted by molar-refractivity contribution is 0.0692. The second-order valence-electron chi connectivity index (χ2n) is 4.08. The van der Waals surface area contributed by atoms with Gasteiger partial charge in [0.1, 0.15) is 24.2 Å². The van der Waals surface area contributed by atoms with Crippen molar-refractivity contribution in [2.75, 3.05) is 0 Å². The molecule has 1 aromatic carbocycles. The molecule has 0 radical (unpaired) electrons. The van der Waals surface area contributed by atoms with Gasteiger partial charge in [0.2, 0.25) is 0 Å². The van der Waals surface area contributed by atoms with Crippen LogP contribution in [-0.2, 0) is 13.0 Å². The van der Waals surface area contributed by atoms with Crippen LogP contribution in [0.5, 0.6) is 5.75 Å². The van der Waals surface area contributed by atoms with Gasteiger partial charge in [-0.15, -0.1) is 0 Å². The number of carboxylic acids is 1. The zero-order valence-electron chi connectivity index (χ0n) is 10.8. The molecule has 0 saturated heterocycles. The number of rotatable bonds is 5. The standard InChI is InChI=1S/C14H13ClN2O3/c1-2-9-5-10(3-4-12(9)15)20-7-13-11(14(18)19)6-16-8-17-13/h3-6,8H,2,7H2,1H3,(H,18,19). The van der Waals surface area contributed by atoms with Gasteiger partial charge in [0.15, 0.2) is 0 Å². The number of carboxylic acid groups (broad SMARTS) is 1. The molecule has 0 atom stereocenters. The molecule has 1 heterocycles. The van der Waals surface area contributed by atoms with Crippen molar-refractivity contribution in [1.29, 1.82) is 0 Å². The second kappa shape index (κ2) is 6.34. The highest BCUT2D eigenvalue weighted by Gasteiger charge is 2.12. The molecule has 5 nitrogen and oxygen atoms in total. The number of carbonyl (C=O) groups is 1. The SMILES string of the molecule is CCc1cc(OCc2ncncc2C(=O)O)ccc1Cl. The van der Waals surface area contributed by atoms with Gasteiger partial charge in [-0.05, 0) is 30.2 Å². The molecule has 0 aliphatic carbocycles. The summed E-state index contributed by atoms with van der Waals surface area (Å²) in [7, 11) is 0. The predicted molar refractivity (Wildman–Crippen MR) is 74.2 cm³/mol. The Morgan fingerprint density at radius 3 is 2.95 bits per heavy atom. The van der Waals surface area contributed by atoms with Gasteiger partial charge in [-0.1, -0.05) is 18.5 Å². The Labute approximate surface area is 121 Å². The Morgan fingerprint density at radius 1 is 1.45 bits per heavy atom. The fourth-order valence-electron chi connectivity index (χ4n) is 1.71. The molecular weight excluding hydrogens is 280 g/mol. The minimum Gasteiger partial charge on any atom is -0.487 e. The lowest BCUT2D eigenvalue weighted by Crippen LogP contribution is -2.08. The Kier molecular flexibility index (Phi) is 4.53. The average Bonchev–Trinajstić information content (AvgIpc) is 2.46. The first kappa shape index (κ1) is 14.3. The second-order valence-corrected chi connectivity index (χ2v) is 4.49. The minimum absolute atomic E-state index is 0.0391. The lowest BCUT2D eigenvalue weighted by Gasteiger charge is -2.09. The van der Waals surface area contributed by atoms with Crippen molar-refractivity contribution in [2.24, 2.45) is 0 Å². The Balaban J connectivity index is 2.15. The number of hydrogen-bond acceptors (Lipinski definition) is 4. The Hall–Kier alpha value is -2.14. The fourth-order valence-corrected chi connectivity index (χ4v) is 1.96. The van der Waals surface area contributed by atoms with Crippen LogP contribution in [-0.4, -0.2) is 21.0 Å². The highest BCUT2D eigenvalue weighted by Crippen LogP contribution is 2.23. The molecule has 1 aromatic heterocycles. The fraction of sp³-hybridized carbons (Fsp3) is 0.214. The Morgan fingerprint density at radius 2 is 2.25 bits per heavy atom. The number of hydrogen-bond donors (Lipinski definition) is 1. The first-order valence-corrected chi connectivity index (χ1v) is 6.43. The normalized spacial score (nSPS) is 10.3. The smallest absolute Gasteiger partial charge is 0.339 e. The van der Waals surface area contributed by atoms with Crippen LogP contribution < -0.4 is 4.74 Å². The summed E-state index contributed by atoms with van der Waals surface area (Å²) >= 11 is 6.03. The average molecular weight is 293 g/mol. The van der Waals surface area contributed by atoms with E-state index in [4.69, 9.17) is 21.4 Å². The van der Waals surface area contributed by atoms with E-state index < -0.39 is 5.97 Å². The monoisotopic (exact) mass is 292 g/mol. The predicted octanol–water partition coefficient (Wildman–Crippen LogP) is 2.97. The highest BCUT2D eigenvalue weighted by atomic mass is 35.5. The topological polar surface area (TPSA) is 72.3 Å². The van der Waals surface area contributed by atoms with Crippen LogP contribution in [0.15, 0.2) is 30.7 Å². The molecule has 104 valence electrons. The van der Waals surface area contributed by atoms with Gasteiger partial charge in [-0.25, -0.2) is 14.8 Å². The van der Waals surface area contributed by atoms with E-state index in [-0.39, 0.29) is 12.2 Å². The number of aryl methyl sites for hydroxylation is 1. The molecule has 0 saturated carbocycles. The summed E-state index contributed by atoms with van der Waals surface area (Å²) in [6.45, 7) is 2.06. The largest absolute Gasteiger partial charge is 0.487 e. The van der Waals surface area contributed by atoms with Crippen molar-refractivity contribution in [3.8, 4) is 5.75 Å². The molecule has 0 amide bonds. The maximum atomic E-state index is 11.0. The van der Waals surface area contributed by atoms with Gasteiger partial charge in [-0.2, -0.15) is 0 Å². The molecule has 6 heteroatoms. The van der Waals surface area contributed by atoms with Crippen molar-refractivity contribution in [1.82, 2.24) is 9.97 Å². The summed E-state index contributed by atoms with van der Waals surface area (Å²) in [6.07, 6.45) is 3.35. The third-order valence-corrected chi connectivity index (χ3v) is 3.17. The number of nitrogens with zero attached hydrogens (tertiary/aromatic N) is 2. The van der Waals surface area contributed by atoms with E-state index >= 15 is 0 Å². The van der Waals surface area contributed by atoms with Crippen molar-refractivity contribution < 1.29 is 14.6 Å². The molecule has 0 aliphatic heterocycles. The van der Waals surface area contributed by atoms with E-state index in [9.17, 15) is 4.79 Å². The van der Waals surface area contributed by atoms with Gasteiger partial charge in [-0.3, -0.25) is 0 Å². The summed E-state index contributed by atoms with van der Waals surface area (Å²) in [5, 5.41) is 9.72. The first-order valence-electron chi connectivity index (χ1n) is 6.05. The number of benzene rings is 1. The molecule has 20 heavy (non-hydrogen) atoms. The lowest BCUT2D eigenvalue weighted by atomic mass is 10.1. The minimum atomic E-state index is -1.07. The molecular formula is C14H13ClN2O3. The number of ether oxygens (including phenoxy) is 1. The van der Waals surface area contributed by atoms with E-state index in [1.54, 1.807) is 12.1 Å². The quantitative estimate of drug-likeness (QED) is 0.917. The molecule has 2 aromatic rings. The van der Waals surface area contributed by atoms with Gasteiger partial charge in [0, 0.05) is 11.2 Å². The van der Waals surface area contributed by atoms with E-state index in [1.807, 2.05) is 13.0 Å². The van der Waals surface area contributed by atoms with Crippen molar-refractivity contribution in [3.63, 3.8) is 0 Å². The van der Waals surface area contributed by atoms with Gasteiger partial charge in [0.25, 0.3) is 0 Å². The van der Waals surface area contributed by atoms with E-state index in [0.717, 1.165) is 12.0 Å². The van der Waals surface area contributed by atoms with Crippen molar-refractivity contribution in [3.05, 3.63) is 52.6 Å². The van der Waals surface area contributed by atoms with Gasteiger partial charge >= 0.3 is 5.97 Å². The summed E-state index contributed by atoms with van der Waals surface area (Å²) in [5.74, 6) is -0.448.